The van der Waals surface area contributed by atoms with Crippen molar-refractivity contribution in [2.24, 2.45) is 5.92 Å². The van der Waals surface area contributed by atoms with Crippen molar-refractivity contribution in [2.75, 3.05) is 6.54 Å². The predicted molar refractivity (Wildman–Crippen MR) is 125 cm³/mol. The number of carbonyl (C=O) groups is 1. The number of aromatic nitrogens is 4. The van der Waals surface area contributed by atoms with E-state index < -0.39 is 0 Å². The van der Waals surface area contributed by atoms with Gasteiger partial charge in [0.2, 0.25) is 0 Å². The van der Waals surface area contributed by atoms with Crippen molar-refractivity contribution in [3.63, 3.8) is 0 Å². The highest BCUT2D eigenvalue weighted by Crippen LogP contribution is 2.39. The zero-order chi connectivity index (χ0) is 23.7. The van der Waals surface area contributed by atoms with E-state index in [4.69, 9.17) is 9.51 Å². The molecular weight excluding hydrogens is 418 g/mol. The van der Waals surface area contributed by atoms with Crippen molar-refractivity contribution in [1.29, 1.82) is 0 Å². The Labute approximate surface area is 193 Å². The number of carbonyl (C=O) groups excluding carboxylic acids is 1. The topological polar surface area (TPSA) is 114 Å². The smallest absolute Gasteiger partial charge is 0.261 e. The van der Waals surface area contributed by atoms with Crippen LogP contribution in [0, 0.1) is 40.5 Å². The third-order valence-corrected chi connectivity index (χ3v) is 6.87. The molecule has 1 amide bonds. The van der Waals surface area contributed by atoms with Crippen LogP contribution in [0.5, 0.6) is 0 Å². The molecule has 1 aliphatic rings. The van der Waals surface area contributed by atoms with E-state index in [-0.39, 0.29) is 17.0 Å². The average Bonchev–Trinajstić information content (AvgIpc) is 3.13. The largest absolute Gasteiger partial charge is 0.356 e. The van der Waals surface area contributed by atoms with Crippen LogP contribution < -0.4 is 10.9 Å². The zero-order valence-electron chi connectivity index (χ0n) is 19.9. The Kier molecular flexibility index (Phi) is 6.44. The maximum atomic E-state index is 12.6. The molecule has 8 nitrogen and oxygen atoms in total. The lowest BCUT2D eigenvalue weighted by Crippen LogP contribution is -2.34. The Morgan fingerprint density at radius 1 is 1.15 bits per heavy atom. The molecule has 0 atom stereocenters. The first kappa shape index (κ1) is 22.9. The van der Waals surface area contributed by atoms with Crippen LogP contribution in [0.25, 0.3) is 11.3 Å². The lowest BCUT2D eigenvalue weighted by molar-refractivity contribution is 0.0941. The molecule has 0 radical (unpaired) electrons. The van der Waals surface area contributed by atoms with Crippen molar-refractivity contribution in [3.05, 3.63) is 62.2 Å². The van der Waals surface area contributed by atoms with E-state index in [1.54, 1.807) is 6.07 Å². The zero-order valence-corrected chi connectivity index (χ0v) is 19.9. The molecular formula is C25H31N5O3. The SMILES string of the molecule is Cc1ncc(-c2onc(C)c2C)c(C2CCC(CNC(=O)c3cc(C)c(C)[nH]c3=O)CC2)n1. The molecule has 0 bridgehead atoms. The van der Waals surface area contributed by atoms with Crippen LogP contribution in [0.2, 0.25) is 0 Å². The number of hydrogen-bond donors (Lipinski definition) is 2. The van der Waals surface area contributed by atoms with Crippen molar-refractivity contribution >= 4 is 5.91 Å². The van der Waals surface area contributed by atoms with Gasteiger partial charge in [-0.2, -0.15) is 0 Å². The number of amides is 1. The number of nitrogens with zero attached hydrogens (tertiary/aromatic N) is 3. The van der Waals surface area contributed by atoms with Crippen LogP contribution in [0.1, 0.15) is 76.0 Å². The second kappa shape index (κ2) is 9.29. The van der Waals surface area contributed by atoms with Gasteiger partial charge in [-0.05, 0) is 77.8 Å². The minimum absolute atomic E-state index is 0.172. The number of aromatic amines is 1. The molecule has 0 spiro atoms. The average molecular weight is 450 g/mol. The van der Waals surface area contributed by atoms with Crippen LogP contribution >= 0.6 is 0 Å². The molecule has 1 aliphatic carbocycles. The molecule has 33 heavy (non-hydrogen) atoms. The Morgan fingerprint density at radius 2 is 1.88 bits per heavy atom. The van der Waals surface area contributed by atoms with Crippen LogP contribution in [-0.4, -0.2) is 32.6 Å². The molecule has 4 rings (SSSR count). The van der Waals surface area contributed by atoms with Crippen LogP contribution in [-0.2, 0) is 0 Å². The molecule has 0 aromatic carbocycles. The minimum atomic E-state index is -0.344. The summed E-state index contributed by atoms with van der Waals surface area (Å²) in [4.78, 5) is 36.6. The molecule has 0 aliphatic heterocycles. The van der Waals surface area contributed by atoms with Gasteiger partial charge in [0.05, 0.1) is 17.0 Å². The summed E-state index contributed by atoms with van der Waals surface area (Å²) in [5.74, 6) is 1.86. The molecule has 174 valence electrons. The van der Waals surface area contributed by atoms with Crippen molar-refractivity contribution < 1.29 is 9.32 Å². The fourth-order valence-electron chi connectivity index (χ4n) is 4.51. The molecule has 2 N–H and O–H groups in total. The number of nitrogens with one attached hydrogen (secondary N) is 2. The Bertz CT molecular complexity index is 1240. The molecule has 3 aromatic heterocycles. The van der Waals surface area contributed by atoms with Gasteiger partial charge in [0.1, 0.15) is 11.4 Å². The Morgan fingerprint density at radius 3 is 2.55 bits per heavy atom. The molecule has 0 unspecified atom stereocenters. The van der Waals surface area contributed by atoms with E-state index in [2.05, 4.69) is 20.4 Å². The fourth-order valence-corrected chi connectivity index (χ4v) is 4.51. The van der Waals surface area contributed by atoms with Crippen LogP contribution in [0.4, 0.5) is 0 Å². The summed E-state index contributed by atoms with van der Waals surface area (Å²) < 4.78 is 5.60. The number of rotatable bonds is 5. The Hall–Kier alpha value is -3.29. The number of pyridine rings is 1. The summed E-state index contributed by atoms with van der Waals surface area (Å²) >= 11 is 0. The second-order valence-corrected chi connectivity index (χ2v) is 9.19. The summed E-state index contributed by atoms with van der Waals surface area (Å²) in [5, 5.41) is 7.06. The van der Waals surface area contributed by atoms with Gasteiger partial charge in [-0.15, -0.1) is 0 Å². The minimum Gasteiger partial charge on any atom is -0.356 e. The van der Waals surface area contributed by atoms with Gasteiger partial charge >= 0.3 is 0 Å². The van der Waals surface area contributed by atoms with E-state index in [0.29, 0.717) is 18.4 Å². The van der Waals surface area contributed by atoms with E-state index >= 15 is 0 Å². The third-order valence-electron chi connectivity index (χ3n) is 6.87. The van der Waals surface area contributed by atoms with Gasteiger partial charge < -0.3 is 14.8 Å². The van der Waals surface area contributed by atoms with E-state index in [0.717, 1.165) is 71.0 Å². The molecule has 1 fully saturated rings. The van der Waals surface area contributed by atoms with Gasteiger partial charge in [-0.1, -0.05) is 5.16 Å². The maximum absolute atomic E-state index is 12.6. The van der Waals surface area contributed by atoms with Gasteiger partial charge in [-0.3, -0.25) is 9.59 Å². The summed E-state index contributed by atoms with van der Waals surface area (Å²) in [7, 11) is 0. The monoisotopic (exact) mass is 449 g/mol. The predicted octanol–water partition coefficient (Wildman–Crippen LogP) is 4.07. The quantitative estimate of drug-likeness (QED) is 0.607. The standard InChI is InChI=1S/C25H31N5O3/c1-13-10-20(25(32)28-15(13)3)24(31)27-11-18-6-8-19(9-7-18)22-21(12-26-17(5)29-22)23-14(2)16(4)30-33-23/h10,12,18-19H,6-9,11H2,1-5H3,(H,27,31)(H,28,32). The molecule has 8 heteroatoms. The first-order valence-corrected chi connectivity index (χ1v) is 11.5. The van der Waals surface area contributed by atoms with E-state index in [1.807, 2.05) is 40.8 Å². The van der Waals surface area contributed by atoms with Gasteiger partial charge in [-0.25, -0.2) is 9.97 Å². The third kappa shape index (κ3) is 4.74. The normalized spacial score (nSPS) is 18.3. The van der Waals surface area contributed by atoms with Crippen molar-refractivity contribution in [2.45, 2.75) is 66.2 Å². The lowest BCUT2D eigenvalue weighted by atomic mass is 9.79. The molecule has 0 saturated heterocycles. The number of aryl methyl sites for hydroxylation is 4. The number of H-pyrrole nitrogens is 1. The maximum Gasteiger partial charge on any atom is 0.261 e. The second-order valence-electron chi connectivity index (χ2n) is 9.19. The van der Waals surface area contributed by atoms with Gasteiger partial charge in [0.15, 0.2) is 5.76 Å². The van der Waals surface area contributed by atoms with Gasteiger partial charge in [0, 0.05) is 29.9 Å². The van der Waals surface area contributed by atoms with Crippen molar-refractivity contribution in [1.82, 2.24) is 25.4 Å². The van der Waals surface area contributed by atoms with E-state index in [9.17, 15) is 9.59 Å². The highest BCUT2D eigenvalue weighted by molar-refractivity contribution is 5.94. The fraction of sp³-hybridized carbons (Fsp3) is 0.480. The molecule has 3 heterocycles. The van der Waals surface area contributed by atoms with Crippen molar-refractivity contribution in [3.8, 4) is 11.3 Å². The van der Waals surface area contributed by atoms with Gasteiger partial charge in [0.25, 0.3) is 11.5 Å². The summed E-state index contributed by atoms with van der Waals surface area (Å²) in [6, 6.07) is 1.66. The summed E-state index contributed by atoms with van der Waals surface area (Å²) in [6.45, 7) is 10.1. The highest BCUT2D eigenvalue weighted by atomic mass is 16.5. The first-order valence-electron chi connectivity index (χ1n) is 11.5. The van der Waals surface area contributed by atoms with Crippen LogP contribution in [0.15, 0.2) is 21.6 Å². The molecule has 3 aromatic rings. The summed E-state index contributed by atoms with van der Waals surface area (Å²) in [6.07, 6.45) is 5.75. The highest BCUT2D eigenvalue weighted by Gasteiger charge is 2.28. The molecule has 1 saturated carbocycles. The first-order chi connectivity index (χ1) is 15.7. The lowest BCUT2D eigenvalue weighted by Gasteiger charge is -2.29. The Balaban J connectivity index is 1.41. The number of hydrogen-bond acceptors (Lipinski definition) is 6. The van der Waals surface area contributed by atoms with E-state index in [1.165, 1.54) is 0 Å². The summed E-state index contributed by atoms with van der Waals surface area (Å²) in [5.41, 5.74) is 5.34. The van der Waals surface area contributed by atoms with Crippen LogP contribution in [0.3, 0.4) is 0 Å².